The van der Waals surface area contributed by atoms with Gasteiger partial charge in [0.15, 0.2) is 0 Å². The van der Waals surface area contributed by atoms with Crippen LogP contribution < -0.4 is 5.32 Å². The van der Waals surface area contributed by atoms with Crippen LogP contribution in [0.25, 0.3) is 0 Å². The van der Waals surface area contributed by atoms with E-state index in [2.05, 4.69) is 15.5 Å². The molecule has 2 aromatic heterocycles. The fourth-order valence-corrected chi connectivity index (χ4v) is 2.53. The molecule has 3 aromatic rings. The molecular formula is C15H12ClFN6O3. The number of aromatic nitrogens is 4. The minimum atomic E-state index is -0.725. The summed E-state index contributed by atoms with van der Waals surface area (Å²) in [6.45, 7) is 0.263. The Bertz CT molecular complexity index is 999. The van der Waals surface area contributed by atoms with Crippen LogP contribution in [0.4, 0.5) is 15.8 Å². The van der Waals surface area contributed by atoms with E-state index >= 15 is 0 Å². The van der Waals surface area contributed by atoms with Gasteiger partial charge in [0.25, 0.3) is 5.91 Å². The number of rotatable bonds is 5. The van der Waals surface area contributed by atoms with Crippen molar-refractivity contribution < 1.29 is 14.1 Å². The maximum Gasteiger partial charge on any atom is 0.320 e. The lowest BCUT2D eigenvalue weighted by Crippen LogP contribution is -2.14. The second kappa shape index (κ2) is 6.92. The minimum absolute atomic E-state index is 0.259. The van der Waals surface area contributed by atoms with Crippen LogP contribution in [-0.4, -0.2) is 30.4 Å². The van der Waals surface area contributed by atoms with E-state index in [1.807, 2.05) is 0 Å². The van der Waals surface area contributed by atoms with Crippen molar-refractivity contribution in [1.82, 2.24) is 19.6 Å². The molecule has 0 spiro atoms. The van der Waals surface area contributed by atoms with E-state index in [-0.39, 0.29) is 17.3 Å². The van der Waals surface area contributed by atoms with Crippen LogP contribution in [0.1, 0.15) is 16.1 Å². The molecule has 3 rings (SSSR count). The van der Waals surface area contributed by atoms with Gasteiger partial charge in [-0.15, -0.1) is 0 Å². The van der Waals surface area contributed by atoms with Gasteiger partial charge >= 0.3 is 5.69 Å². The highest BCUT2D eigenvalue weighted by Crippen LogP contribution is 2.20. The number of nitrogens with one attached hydrogen (secondary N) is 1. The van der Waals surface area contributed by atoms with Crippen LogP contribution in [0.5, 0.6) is 0 Å². The molecule has 0 fully saturated rings. The van der Waals surface area contributed by atoms with Gasteiger partial charge in [-0.2, -0.15) is 10.2 Å². The summed E-state index contributed by atoms with van der Waals surface area (Å²) in [5.74, 6) is -1.17. The van der Waals surface area contributed by atoms with Gasteiger partial charge in [0.1, 0.15) is 12.0 Å². The van der Waals surface area contributed by atoms with Crippen molar-refractivity contribution in [2.45, 2.75) is 6.54 Å². The molecule has 0 unspecified atom stereocenters. The highest BCUT2D eigenvalue weighted by Gasteiger charge is 2.25. The fourth-order valence-electron chi connectivity index (χ4n) is 2.30. The standard InChI is InChI=1S/C15H12ClFN6O3/c1-21-8-13(23(25)26)14(20-21)15(24)19-11-5-18-22(7-11)6-9-2-3-10(17)4-12(9)16/h2-5,7-8H,6H2,1H3,(H,19,24). The molecule has 0 saturated heterocycles. The van der Waals surface area contributed by atoms with Crippen molar-refractivity contribution in [1.29, 1.82) is 0 Å². The maximum absolute atomic E-state index is 13.1. The van der Waals surface area contributed by atoms with Gasteiger partial charge in [-0.1, -0.05) is 17.7 Å². The van der Waals surface area contributed by atoms with E-state index in [4.69, 9.17) is 11.6 Å². The number of hydrogen-bond donors (Lipinski definition) is 1. The first kappa shape index (κ1) is 17.5. The number of anilines is 1. The van der Waals surface area contributed by atoms with Crippen LogP contribution in [-0.2, 0) is 13.6 Å². The smallest absolute Gasteiger partial charge is 0.318 e. The molecule has 0 saturated carbocycles. The zero-order chi connectivity index (χ0) is 18.8. The predicted molar refractivity (Wildman–Crippen MR) is 90.6 cm³/mol. The van der Waals surface area contributed by atoms with Crippen LogP contribution in [0, 0.1) is 15.9 Å². The van der Waals surface area contributed by atoms with Gasteiger partial charge in [-0.25, -0.2) is 4.39 Å². The van der Waals surface area contributed by atoms with Crippen LogP contribution in [0.3, 0.4) is 0 Å². The largest absolute Gasteiger partial charge is 0.320 e. The molecule has 2 heterocycles. The summed E-state index contributed by atoms with van der Waals surface area (Å²) in [5, 5.41) is 21.6. The third-order valence-electron chi connectivity index (χ3n) is 3.46. The quantitative estimate of drug-likeness (QED) is 0.542. The predicted octanol–water partition coefficient (Wildman–Crippen LogP) is 2.62. The molecule has 0 aliphatic rings. The molecule has 1 aromatic carbocycles. The summed E-state index contributed by atoms with van der Waals surface area (Å²) in [4.78, 5) is 22.5. The molecule has 26 heavy (non-hydrogen) atoms. The zero-order valence-corrected chi connectivity index (χ0v) is 14.1. The van der Waals surface area contributed by atoms with Crippen molar-refractivity contribution in [2.24, 2.45) is 7.05 Å². The Morgan fingerprint density at radius 1 is 1.42 bits per heavy atom. The Morgan fingerprint density at radius 2 is 2.19 bits per heavy atom. The number of amides is 1. The number of halogens is 2. The number of nitro groups is 1. The van der Waals surface area contributed by atoms with Crippen LogP contribution in [0.2, 0.25) is 5.02 Å². The number of carbonyl (C=O) groups is 1. The first-order chi connectivity index (χ1) is 12.3. The minimum Gasteiger partial charge on any atom is -0.318 e. The van der Waals surface area contributed by atoms with Gasteiger partial charge in [-0.3, -0.25) is 24.3 Å². The fraction of sp³-hybridized carbons (Fsp3) is 0.133. The highest BCUT2D eigenvalue weighted by molar-refractivity contribution is 6.31. The summed E-state index contributed by atoms with van der Waals surface area (Å²) in [6, 6.07) is 4.02. The Labute approximate surface area is 151 Å². The lowest BCUT2D eigenvalue weighted by Gasteiger charge is -2.04. The third kappa shape index (κ3) is 3.70. The lowest BCUT2D eigenvalue weighted by atomic mass is 10.2. The molecule has 0 aliphatic heterocycles. The van der Waals surface area contributed by atoms with Gasteiger partial charge < -0.3 is 5.32 Å². The molecule has 9 nitrogen and oxygen atoms in total. The average molecular weight is 379 g/mol. The van der Waals surface area contributed by atoms with Gasteiger partial charge in [0.2, 0.25) is 5.69 Å². The number of carbonyl (C=O) groups excluding carboxylic acids is 1. The lowest BCUT2D eigenvalue weighted by molar-refractivity contribution is -0.385. The summed E-state index contributed by atoms with van der Waals surface area (Å²) in [5.41, 5.74) is 0.282. The van der Waals surface area contributed by atoms with Crippen LogP contribution in [0.15, 0.2) is 36.8 Å². The van der Waals surface area contributed by atoms with Gasteiger partial charge in [-0.05, 0) is 17.7 Å². The van der Waals surface area contributed by atoms with E-state index in [1.165, 1.54) is 47.0 Å². The Morgan fingerprint density at radius 3 is 2.88 bits per heavy atom. The number of benzene rings is 1. The summed E-state index contributed by atoms with van der Waals surface area (Å²) in [6.07, 6.45) is 4.05. The monoisotopic (exact) mass is 378 g/mol. The Balaban J connectivity index is 1.74. The Hall–Kier alpha value is -3.27. The van der Waals surface area contributed by atoms with Crippen molar-refractivity contribution in [3.05, 3.63) is 69.0 Å². The molecule has 1 N–H and O–H groups in total. The Kier molecular flexibility index (Phi) is 4.67. The van der Waals surface area contributed by atoms with E-state index in [0.29, 0.717) is 11.3 Å². The van der Waals surface area contributed by atoms with Gasteiger partial charge in [0, 0.05) is 18.3 Å². The zero-order valence-electron chi connectivity index (χ0n) is 13.4. The molecule has 0 aliphatic carbocycles. The summed E-state index contributed by atoms with van der Waals surface area (Å²) in [7, 11) is 1.48. The number of hydrogen-bond acceptors (Lipinski definition) is 5. The second-order valence-electron chi connectivity index (χ2n) is 5.41. The van der Waals surface area contributed by atoms with Crippen molar-refractivity contribution in [3.63, 3.8) is 0 Å². The van der Waals surface area contributed by atoms with Crippen LogP contribution >= 0.6 is 11.6 Å². The van der Waals surface area contributed by atoms with Crippen molar-refractivity contribution in [2.75, 3.05) is 5.32 Å². The van der Waals surface area contributed by atoms with E-state index in [1.54, 1.807) is 0 Å². The molecule has 134 valence electrons. The first-order valence-corrected chi connectivity index (χ1v) is 7.67. The molecule has 1 amide bonds. The first-order valence-electron chi connectivity index (χ1n) is 7.29. The van der Waals surface area contributed by atoms with Crippen molar-refractivity contribution in [3.8, 4) is 0 Å². The highest BCUT2D eigenvalue weighted by atomic mass is 35.5. The molecule has 0 radical (unpaired) electrons. The number of aryl methyl sites for hydroxylation is 1. The van der Waals surface area contributed by atoms with Crippen molar-refractivity contribution >= 4 is 28.9 Å². The summed E-state index contributed by atoms with van der Waals surface area (Å²) >= 11 is 5.97. The average Bonchev–Trinajstić information content (AvgIpc) is 3.16. The molecule has 11 heteroatoms. The topological polar surface area (TPSA) is 108 Å². The summed E-state index contributed by atoms with van der Waals surface area (Å²) < 4.78 is 15.8. The second-order valence-corrected chi connectivity index (χ2v) is 5.82. The third-order valence-corrected chi connectivity index (χ3v) is 3.81. The normalized spacial score (nSPS) is 10.7. The SMILES string of the molecule is Cn1cc([N+](=O)[O-])c(C(=O)Nc2cnn(Cc3ccc(F)cc3Cl)c2)n1. The van der Waals surface area contributed by atoms with E-state index in [9.17, 15) is 19.3 Å². The van der Waals surface area contributed by atoms with E-state index < -0.39 is 22.3 Å². The van der Waals surface area contributed by atoms with E-state index in [0.717, 1.165) is 6.20 Å². The van der Waals surface area contributed by atoms with Gasteiger partial charge in [0.05, 0.1) is 23.4 Å². The maximum atomic E-state index is 13.1. The molecule has 0 bridgehead atoms. The molecular weight excluding hydrogens is 367 g/mol. The number of nitrogens with zero attached hydrogens (tertiary/aromatic N) is 5. The molecule has 0 atom stereocenters.